The molecule has 3 N–H and O–H groups in total. The van der Waals surface area contributed by atoms with Crippen molar-refractivity contribution in [3.05, 3.63) is 22.6 Å². The summed E-state index contributed by atoms with van der Waals surface area (Å²) in [5.74, 6) is 5.46. The molecule has 0 aliphatic heterocycles. The van der Waals surface area contributed by atoms with Crippen molar-refractivity contribution in [2.45, 2.75) is 32.2 Å². The highest BCUT2D eigenvalue weighted by molar-refractivity contribution is 9.10. The predicted molar refractivity (Wildman–Crippen MR) is 56.0 cm³/mol. The minimum Gasteiger partial charge on any atom is -0.457 e. The molecule has 0 radical (unpaired) electrons. The second kappa shape index (κ2) is 5.42. The second-order valence-electron chi connectivity index (χ2n) is 3.01. The number of halogens is 1. The molecule has 0 saturated heterocycles. The van der Waals surface area contributed by atoms with Crippen LogP contribution in [0.2, 0.25) is 0 Å². The van der Waals surface area contributed by atoms with Gasteiger partial charge >= 0.3 is 0 Å². The number of hydrogen-bond acceptors (Lipinski definition) is 3. The zero-order valence-corrected chi connectivity index (χ0v) is 9.30. The molecule has 1 aromatic rings. The molecule has 0 saturated carbocycles. The van der Waals surface area contributed by atoms with Gasteiger partial charge in [0.05, 0.1) is 12.3 Å². The van der Waals surface area contributed by atoms with E-state index in [2.05, 4.69) is 28.3 Å². The number of nitrogens with one attached hydrogen (secondary N) is 1. The topological polar surface area (TPSA) is 51.2 Å². The van der Waals surface area contributed by atoms with Crippen molar-refractivity contribution >= 4 is 15.9 Å². The number of nitrogens with two attached hydrogens (primary N) is 1. The Labute approximate surface area is 86.8 Å². The van der Waals surface area contributed by atoms with Gasteiger partial charge in [-0.15, -0.1) is 0 Å². The summed E-state index contributed by atoms with van der Waals surface area (Å²) in [4.78, 5) is 0. The lowest BCUT2D eigenvalue weighted by Crippen LogP contribution is -2.27. The first-order valence-electron chi connectivity index (χ1n) is 4.48. The lowest BCUT2D eigenvalue weighted by atomic mass is 10.1. The van der Waals surface area contributed by atoms with Gasteiger partial charge in [-0.3, -0.25) is 11.3 Å². The van der Waals surface area contributed by atoms with Crippen LogP contribution < -0.4 is 11.3 Å². The number of hydrazine groups is 1. The van der Waals surface area contributed by atoms with Gasteiger partial charge in [0.25, 0.3) is 0 Å². The Hall–Kier alpha value is -0.320. The van der Waals surface area contributed by atoms with E-state index in [-0.39, 0.29) is 6.04 Å². The maximum absolute atomic E-state index is 5.46. The Bertz CT molecular complexity index is 250. The van der Waals surface area contributed by atoms with Crippen LogP contribution in [0.5, 0.6) is 0 Å². The highest BCUT2D eigenvalue weighted by Gasteiger charge is 2.14. The zero-order chi connectivity index (χ0) is 9.68. The van der Waals surface area contributed by atoms with Crippen molar-refractivity contribution in [1.29, 1.82) is 0 Å². The highest BCUT2D eigenvalue weighted by Crippen LogP contribution is 2.27. The van der Waals surface area contributed by atoms with Crippen molar-refractivity contribution in [1.82, 2.24) is 5.43 Å². The van der Waals surface area contributed by atoms with Crippen LogP contribution >= 0.6 is 15.9 Å². The van der Waals surface area contributed by atoms with Crippen LogP contribution in [0.15, 0.2) is 21.4 Å². The first kappa shape index (κ1) is 10.8. The normalized spacial score (nSPS) is 13.2. The molecule has 0 aromatic carbocycles. The molecule has 0 amide bonds. The van der Waals surface area contributed by atoms with Crippen LogP contribution in [-0.4, -0.2) is 0 Å². The largest absolute Gasteiger partial charge is 0.457 e. The van der Waals surface area contributed by atoms with Gasteiger partial charge in [0, 0.05) is 5.56 Å². The van der Waals surface area contributed by atoms with Crippen molar-refractivity contribution in [2.75, 3.05) is 0 Å². The van der Waals surface area contributed by atoms with Crippen molar-refractivity contribution in [2.24, 2.45) is 5.84 Å². The Morgan fingerprint density at radius 3 is 2.92 bits per heavy atom. The van der Waals surface area contributed by atoms with E-state index in [1.807, 2.05) is 6.07 Å². The van der Waals surface area contributed by atoms with E-state index in [1.54, 1.807) is 6.26 Å². The van der Waals surface area contributed by atoms with E-state index in [4.69, 9.17) is 10.3 Å². The van der Waals surface area contributed by atoms with Gasteiger partial charge in [-0.2, -0.15) is 0 Å². The average Bonchev–Trinajstić information content (AvgIpc) is 2.54. The highest BCUT2D eigenvalue weighted by atomic mass is 79.9. The molecule has 1 aromatic heterocycles. The molecule has 0 spiro atoms. The van der Waals surface area contributed by atoms with Gasteiger partial charge in [-0.05, 0) is 28.4 Å². The molecule has 13 heavy (non-hydrogen) atoms. The average molecular weight is 247 g/mol. The molecule has 0 aliphatic carbocycles. The SMILES string of the molecule is CCCCC(NN)c1ccoc1Br. The maximum Gasteiger partial charge on any atom is 0.173 e. The van der Waals surface area contributed by atoms with Crippen LogP contribution in [0, 0.1) is 0 Å². The molecule has 4 heteroatoms. The smallest absolute Gasteiger partial charge is 0.173 e. The second-order valence-corrected chi connectivity index (χ2v) is 3.73. The molecule has 0 bridgehead atoms. The van der Waals surface area contributed by atoms with Gasteiger partial charge in [0.15, 0.2) is 4.67 Å². The van der Waals surface area contributed by atoms with Gasteiger partial charge in [0.2, 0.25) is 0 Å². The van der Waals surface area contributed by atoms with E-state index < -0.39 is 0 Å². The third-order valence-electron chi connectivity index (χ3n) is 2.07. The van der Waals surface area contributed by atoms with Crippen LogP contribution in [-0.2, 0) is 0 Å². The zero-order valence-electron chi connectivity index (χ0n) is 7.72. The molecule has 1 heterocycles. The lowest BCUT2D eigenvalue weighted by Gasteiger charge is -2.13. The summed E-state index contributed by atoms with van der Waals surface area (Å²) in [6.45, 7) is 2.16. The molecule has 1 atom stereocenters. The summed E-state index contributed by atoms with van der Waals surface area (Å²) < 4.78 is 5.92. The van der Waals surface area contributed by atoms with Gasteiger partial charge in [0.1, 0.15) is 0 Å². The quantitative estimate of drug-likeness (QED) is 0.621. The first-order chi connectivity index (χ1) is 6.29. The van der Waals surface area contributed by atoms with Gasteiger partial charge in [-0.25, -0.2) is 0 Å². The molecule has 0 aliphatic rings. The van der Waals surface area contributed by atoms with E-state index in [9.17, 15) is 0 Å². The number of furan rings is 1. The predicted octanol–water partition coefficient (Wildman–Crippen LogP) is 2.74. The summed E-state index contributed by atoms with van der Waals surface area (Å²) in [5.41, 5.74) is 3.88. The fraction of sp³-hybridized carbons (Fsp3) is 0.556. The third-order valence-corrected chi connectivity index (χ3v) is 2.71. The van der Waals surface area contributed by atoms with Crippen LogP contribution in [0.3, 0.4) is 0 Å². The van der Waals surface area contributed by atoms with E-state index >= 15 is 0 Å². The molecule has 74 valence electrons. The molecule has 0 fully saturated rings. The summed E-state index contributed by atoms with van der Waals surface area (Å²) >= 11 is 3.34. The number of rotatable bonds is 5. The fourth-order valence-electron chi connectivity index (χ4n) is 1.29. The van der Waals surface area contributed by atoms with Crippen molar-refractivity contribution in [3.63, 3.8) is 0 Å². The Morgan fingerprint density at radius 2 is 2.46 bits per heavy atom. The van der Waals surface area contributed by atoms with Crippen LogP contribution in [0.4, 0.5) is 0 Å². The number of unbranched alkanes of at least 4 members (excludes halogenated alkanes) is 1. The summed E-state index contributed by atoms with van der Waals surface area (Å²) in [7, 11) is 0. The minimum atomic E-state index is 0.188. The van der Waals surface area contributed by atoms with Gasteiger partial charge in [-0.1, -0.05) is 19.8 Å². The summed E-state index contributed by atoms with van der Waals surface area (Å²) in [6.07, 6.45) is 5.03. The van der Waals surface area contributed by atoms with E-state index in [1.165, 1.54) is 6.42 Å². The Kier molecular flexibility index (Phi) is 4.48. The Morgan fingerprint density at radius 1 is 1.69 bits per heavy atom. The van der Waals surface area contributed by atoms with Crippen molar-refractivity contribution < 1.29 is 4.42 Å². The van der Waals surface area contributed by atoms with Crippen LogP contribution in [0.25, 0.3) is 0 Å². The third kappa shape index (κ3) is 2.83. The monoisotopic (exact) mass is 246 g/mol. The van der Waals surface area contributed by atoms with Gasteiger partial charge < -0.3 is 4.42 Å². The summed E-state index contributed by atoms with van der Waals surface area (Å²) in [5, 5.41) is 0. The van der Waals surface area contributed by atoms with Crippen LogP contribution in [0.1, 0.15) is 37.8 Å². The van der Waals surface area contributed by atoms with E-state index in [0.717, 1.165) is 23.1 Å². The molecular formula is C9H15BrN2O. The standard InChI is InChI=1S/C9H15BrN2O/c1-2-3-4-8(12-11)7-5-6-13-9(7)10/h5-6,8,12H,2-4,11H2,1H3. The lowest BCUT2D eigenvalue weighted by molar-refractivity contribution is 0.475. The molecule has 1 unspecified atom stereocenters. The molecular weight excluding hydrogens is 232 g/mol. The Balaban J connectivity index is 2.61. The first-order valence-corrected chi connectivity index (χ1v) is 5.28. The summed E-state index contributed by atoms with van der Waals surface area (Å²) in [6, 6.07) is 2.12. The van der Waals surface area contributed by atoms with E-state index in [0.29, 0.717) is 0 Å². The maximum atomic E-state index is 5.46. The van der Waals surface area contributed by atoms with Crippen molar-refractivity contribution in [3.8, 4) is 0 Å². The molecule has 1 rings (SSSR count). The fourth-order valence-corrected chi connectivity index (χ4v) is 1.81. The minimum absolute atomic E-state index is 0.188. The molecule has 3 nitrogen and oxygen atoms in total. The number of hydrogen-bond donors (Lipinski definition) is 2.